The monoisotopic (exact) mass is 363 g/mol. The zero-order chi connectivity index (χ0) is 19.0. The Labute approximate surface area is 157 Å². The zero-order valence-electron chi connectivity index (χ0n) is 15.4. The number of primary amides is 1. The molecule has 3 aromatic rings. The molecule has 1 aromatic carbocycles. The molecular formula is C21H23N4O2. The lowest BCUT2D eigenvalue weighted by molar-refractivity contribution is 0.152. The number of hydrogen-bond donors (Lipinski definition) is 2. The first-order valence-electron chi connectivity index (χ1n) is 9.31. The molecule has 1 radical (unpaired) electrons. The quantitative estimate of drug-likeness (QED) is 0.750. The average molecular weight is 363 g/mol. The smallest absolute Gasteiger partial charge is 0.325 e. The summed E-state index contributed by atoms with van der Waals surface area (Å²) in [5, 5.41) is 1.04. The highest BCUT2D eigenvalue weighted by Crippen LogP contribution is 2.25. The van der Waals surface area contributed by atoms with E-state index in [4.69, 9.17) is 5.73 Å². The number of aromatic nitrogens is 2. The van der Waals surface area contributed by atoms with Gasteiger partial charge in [-0.2, -0.15) is 0 Å². The molecular weight excluding hydrogens is 340 g/mol. The van der Waals surface area contributed by atoms with Crippen LogP contribution in [0.25, 0.3) is 22.2 Å². The van der Waals surface area contributed by atoms with Crippen LogP contribution >= 0.6 is 0 Å². The van der Waals surface area contributed by atoms with Crippen molar-refractivity contribution >= 4 is 16.9 Å². The lowest BCUT2D eigenvalue weighted by Crippen LogP contribution is -2.36. The van der Waals surface area contributed by atoms with Crippen LogP contribution in [0.3, 0.4) is 0 Å². The summed E-state index contributed by atoms with van der Waals surface area (Å²) >= 11 is 0. The number of aromatic amines is 1. The van der Waals surface area contributed by atoms with E-state index in [0.29, 0.717) is 17.3 Å². The molecule has 3 N–H and O–H groups in total. The number of rotatable bonds is 3. The van der Waals surface area contributed by atoms with Crippen LogP contribution in [-0.2, 0) is 6.54 Å². The normalized spacial score (nSPS) is 18.0. The van der Waals surface area contributed by atoms with Crippen molar-refractivity contribution in [3.05, 3.63) is 58.5 Å². The van der Waals surface area contributed by atoms with Crippen molar-refractivity contribution in [1.29, 1.82) is 0 Å². The van der Waals surface area contributed by atoms with Gasteiger partial charge in [-0.15, -0.1) is 0 Å². The van der Waals surface area contributed by atoms with E-state index in [9.17, 15) is 9.59 Å². The summed E-state index contributed by atoms with van der Waals surface area (Å²) in [6, 6.07) is 12.4. The Balaban J connectivity index is 1.66. The van der Waals surface area contributed by atoms with Crippen molar-refractivity contribution in [2.24, 2.45) is 5.73 Å². The molecule has 2 aromatic heterocycles. The number of nitrogens with one attached hydrogen (secondary N) is 1. The van der Waals surface area contributed by atoms with Crippen molar-refractivity contribution in [2.75, 3.05) is 6.54 Å². The van der Waals surface area contributed by atoms with Crippen LogP contribution in [0.1, 0.15) is 31.7 Å². The minimum absolute atomic E-state index is 0.374. The van der Waals surface area contributed by atoms with E-state index >= 15 is 0 Å². The summed E-state index contributed by atoms with van der Waals surface area (Å²) in [7, 11) is 0. The third kappa shape index (κ3) is 3.40. The highest BCUT2D eigenvalue weighted by atomic mass is 16.2. The highest BCUT2D eigenvalue weighted by molar-refractivity contribution is 5.86. The molecule has 1 amide bonds. The Bertz CT molecular complexity index is 1050. The first kappa shape index (κ1) is 17.5. The van der Waals surface area contributed by atoms with Crippen LogP contribution in [0.2, 0.25) is 0 Å². The van der Waals surface area contributed by atoms with Gasteiger partial charge in [0.1, 0.15) is 0 Å². The molecule has 139 valence electrons. The second-order valence-corrected chi connectivity index (χ2v) is 7.29. The van der Waals surface area contributed by atoms with Crippen LogP contribution in [0.15, 0.2) is 41.3 Å². The van der Waals surface area contributed by atoms with E-state index in [2.05, 4.69) is 35.0 Å². The predicted molar refractivity (Wildman–Crippen MR) is 106 cm³/mol. The Hall–Kier alpha value is -2.86. The molecule has 0 bridgehead atoms. The number of pyridine rings is 1. The molecule has 6 heteroatoms. The van der Waals surface area contributed by atoms with Gasteiger partial charge in [0.25, 0.3) is 5.56 Å². The number of fused-ring (bicyclic) bond motifs is 1. The molecule has 4 rings (SSSR count). The minimum Gasteiger partial charge on any atom is -0.354 e. The Kier molecular flexibility index (Phi) is 4.58. The van der Waals surface area contributed by atoms with Crippen molar-refractivity contribution in [1.82, 2.24) is 14.5 Å². The Morgan fingerprint density at radius 2 is 2.19 bits per heavy atom. The number of amides is 1. The predicted octanol–water partition coefficient (Wildman–Crippen LogP) is 3.10. The van der Waals surface area contributed by atoms with Gasteiger partial charge in [-0.3, -0.25) is 9.69 Å². The van der Waals surface area contributed by atoms with Crippen molar-refractivity contribution < 1.29 is 4.79 Å². The molecule has 1 aliphatic rings. The number of hydrogen-bond acceptors (Lipinski definition) is 3. The lowest BCUT2D eigenvalue weighted by Gasteiger charge is -2.33. The third-order valence-electron chi connectivity index (χ3n) is 5.42. The number of carbonyl (C=O) groups is 1. The third-order valence-corrected chi connectivity index (χ3v) is 5.42. The van der Waals surface area contributed by atoms with Gasteiger partial charge in [-0.1, -0.05) is 12.5 Å². The van der Waals surface area contributed by atoms with Crippen LogP contribution < -0.4 is 11.3 Å². The molecule has 3 heterocycles. The van der Waals surface area contributed by atoms with E-state index in [-0.39, 0.29) is 0 Å². The van der Waals surface area contributed by atoms with Crippen molar-refractivity contribution in [3.63, 3.8) is 0 Å². The van der Waals surface area contributed by atoms with Gasteiger partial charge >= 0.3 is 6.03 Å². The van der Waals surface area contributed by atoms with Gasteiger partial charge in [0, 0.05) is 35.8 Å². The summed E-state index contributed by atoms with van der Waals surface area (Å²) < 4.78 is 0.865. The topological polar surface area (TPSA) is 84.1 Å². The van der Waals surface area contributed by atoms with Gasteiger partial charge in [-0.25, -0.2) is 9.36 Å². The maximum Gasteiger partial charge on any atom is 0.325 e. The molecule has 1 saturated heterocycles. The van der Waals surface area contributed by atoms with Crippen LogP contribution in [0.4, 0.5) is 4.79 Å². The standard InChI is InChI=1S/C21H23N4O2/c1-14-5-2-3-9-24(14)13-15-7-8-18-16(11-15)12-19(23-18)17-6-4-10-25(20(17)26)21(22)27/h6-8,10-12,14,23H,2-3,5,9,13H2,1H3,(H2,22,27)/t14-/m1/s1. The number of benzene rings is 1. The molecule has 0 aliphatic carbocycles. The highest BCUT2D eigenvalue weighted by Gasteiger charge is 2.18. The molecule has 0 saturated carbocycles. The van der Waals surface area contributed by atoms with E-state index in [0.717, 1.165) is 28.6 Å². The lowest BCUT2D eigenvalue weighted by atomic mass is 10.0. The fraction of sp³-hybridized carbons (Fsp3) is 0.333. The number of nitrogens with zero attached hydrogens (tertiary/aromatic N) is 2. The van der Waals surface area contributed by atoms with Gasteiger partial charge < -0.3 is 10.7 Å². The van der Waals surface area contributed by atoms with E-state index < -0.39 is 11.6 Å². The second-order valence-electron chi connectivity index (χ2n) is 7.29. The first-order chi connectivity index (χ1) is 13.0. The summed E-state index contributed by atoms with van der Waals surface area (Å²) in [5.41, 5.74) is 8.04. The minimum atomic E-state index is -0.813. The summed E-state index contributed by atoms with van der Waals surface area (Å²) in [6.07, 6.45) is 5.09. The average Bonchev–Trinajstić information content (AvgIpc) is 3.06. The maximum absolute atomic E-state index is 12.5. The Morgan fingerprint density at radius 3 is 2.96 bits per heavy atom. The van der Waals surface area contributed by atoms with E-state index in [1.54, 1.807) is 6.07 Å². The number of nitrogens with two attached hydrogens (primary N) is 1. The molecule has 1 atom stereocenters. The number of carbonyl (C=O) groups excluding carboxylic acids is 1. The van der Waals surface area contributed by atoms with Crippen molar-refractivity contribution in [3.8, 4) is 11.3 Å². The summed E-state index contributed by atoms with van der Waals surface area (Å²) in [4.78, 5) is 29.6. The zero-order valence-corrected chi connectivity index (χ0v) is 15.4. The second kappa shape index (κ2) is 7.04. The fourth-order valence-electron chi connectivity index (χ4n) is 3.85. The van der Waals surface area contributed by atoms with Gasteiger partial charge in [0.2, 0.25) is 0 Å². The van der Waals surface area contributed by atoms with E-state index in [1.165, 1.54) is 31.0 Å². The maximum atomic E-state index is 12.5. The molecule has 1 aliphatic heterocycles. The molecule has 27 heavy (non-hydrogen) atoms. The number of likely N-dealkylation sites (tertiary alicyclic amines) is 1. The van der Waals surface area contributed by atoms with E-state index in [1.807, 2.05) is 12.1 Å². The fourth-order valence-corrected chi connectivity index (χ4v) is 3.85. The Morgan fingerprint density at radius 1 is 1.33 bits per heavy atom. The molecule has 1 fully saturated rings. The molecule has 0 unspecified atom stereocenters. The number of H-pyrrole nitrogens is 1. The largest absolute Gasteiger partial charge is 0.354 e. The summed E-state index contributed by atoms with van der Waals surface area (Å²) in [5.74, 6) is 0. The SMILES string of the molecule is C[C@@H]1CCCCN1Cc1ccc2[nH]c(-c3c[c]cn(C(N)=O)c3=O)cc2c1. The van der Waals surface area contributed by atoms with Crippen LogP contribution in [0, 0.1) is 6.07 Å². The van der Waals surface area contributed by atoms with Crippen LogP contribution in [-0.4, -0.2) is 33.1 Å². The molecule has 0 spiro atoms. The van der Waals surface area contributed by atoms with Crippen LogP contribution in [0.5, 0.6) is 0 Å². The van der Waals surface area contributed by atoms with Crippen molar-refractivity contribution in [2.45, 2.75) is 38.8 Å². The number of piperidine rings is 1. The molecule has 6 nitrogen and oxygen atoms in total. The van der Waals surface area contributed by atoms with Gasteiger partial charge in [0.15, 0.2) is 0 Å². The first-order valence-corrected chi connectivity index (χ1v) is 9.31. The van der Waals surface area contributed by atoms with Gasteiger partial charge in [-0.05, 0) is 56.1 Å². The van der Waals surface area contributed by atoms with Gasteiger partial charge in [0.05, 0.1) is 11.3 Å². The summed E-state index contributed by atoms with van der Waals surface area (Å²) in [6.45, 7) is 4.37.